The molecule has 0 aliphatic rings. The summed E-state index contributed by atoms with van der Waals surface area (Å²) < 4.78 is 0. The number of carbonyl (C=O) groups is 3. The first kappa shape index (κ1) is 29.1. The molecule has 0 aromatic rings. The van der Waals surface area contributed by atoms with Crippen LogP contribution >= 0.6 is 0 Å². The van der Waals surface area contributed by atoms with Gasteiger partial charge in [0.1, 0.15) is 6.04 Å². The normalized spacial score (nSPS) is 11.5. The van der Waals surface area contributed by atoms with Crippen molar-refractivity contribution in [2.45, 2.75) is 116 Å². The lowest BCUT2D eigenvalue weighted by molar-refractivity contribution is -0.129. The van der Waals surface area contributed by atoms with Crippen molar-refractivity contribution in [2.24, 2.45) is 0 Å². The van der Waals surface area contributed by atoms with Gasteiger partial charge in [0.05, 0.1) is 0 Å². The number of allylic oxidation sites excluding steroid dienone is 1. The molecule has 0 saturated heterocycles. The van der Waals surface area contributed by atoms with Crippen LogP contribution in [0.5, 0.6) is 0 Å². The molecule has 0 bridgehead atoms. The van der Waals surface area contributed by atoms with E-state index in [-0.39, 0.29) is 24.1 Å². The van der Waals surface area contributed by atoms with E-state index in [1.54, 1.807) is 0 Å². The minimum atomic E-state index is -0.647. The summed E-state index contributed by atoms with van der Waals surface area (Å²) in [5, 5.41) is 8.59. The molecule has 0 aromatic heterocycles. The zero-order valence-electron chi connectivity index (χ0n) is 20.1. The highest BCUT2D eigenvalue weighted by Gasteiger charge is 2.21. The van der Waals surface area contributed by atoms with Crippen molar-refractivity contribution in [3.8, 4) is 0 Å². The third-order valence-corrected chi connectivity index (χ3v) is 5.31. The van der Waals surface area contributed by atoms with Gasteiger partial charge in [-0.1, -0.05) is 64.9 Å². The van der Waals surface area contributed by atoms with Crippen LogP contribution in [-0.4, -0.2) is 36.9 Å². The van der Waals surface area contributed by atoms with Gasteiger partial charge in [-0.2, -0.15) is 0 Å². The molecular formula is C25H47N3O3. The summed E-state index contributed by atoms with van der Waals surface area (Å²) in [5.74, 6) is -0.363. The van der Waals surface area contributed by atoms with Gasteiger partial charge in [-0.25, -0.2) is 0 Å². The molecule has 6 nitrogen and oxygen atoms in total. The van der Waals surface area contributed by atoms with Gasteiger partial charge >= 0.3 is 0 Å². The Labute approximate surface area is 190 Å². The minimum Gasteiger partial charge on any atom is -0.356 e. The Kier molecular flexibility index (Phi) is 20.1. The van der Waals surface area contributed by atoms with Crippen molar-refractivity contribution in [2.75, 3.05) is 13.1 Å². The van der Waals surface area contributed by atoms with Gasteiger partial charge < -0.3 is 16.0 Å². The van der Waals surface area contributed by atoms with E-state index in [2.05, 4.69) is 36.4 Å². The van der Waals surface area contributed by atoms with E-state index in [4.69, 9.17) is 0 Å². The van der Waals surface area contributed by atoms with Gasteiger partial charge in [-0.15, -0.1) is 6.58 Å². The van der Waals surface area contributed by atoms with Crippen molar-refractivity contribution >= 4 is 17.7 Å². The quantitative estimate of drug-likeness (QED) is 0.178. The molecule has 180 valence electrons. The molecule has 31 heavy (non-hydrogen) atoms. The average molecular weight is 438 g/mol. The summed E-state index contributed by atoms with van der Waals surface area (Å²) in [4.78, 5) is 36.8. The highest BCUT2D eigenvalue weighted by atomic mass is 16.2. The predicted molar refractivity (Wildman–Crippen MR) is 129 cm³/mol. The first-order valence-electron chi connectivity index (χ1n) is 12.5. The molecule has 0 aliphatic carbocycles. The van der Waals surface area contributed by atoms with Crippen LogP contribution < -0.4 is 16.0 Å². The van der Waals surface area contributed by atoms with E-state index in [9.17, 15) is 14.4 Å². The van der Waals surface area contributed by atoms with E-state index in [0.717, 1.165) is 51.4 Å². The second-order valence-electron chi connectivity index (χ2n) is 8.31. The predicted octanol–water partition coefficient (Wildman–Crippen LogP) is 4.78. The average Bonchev–Trinajstić information content (AvgIpc) is 2.75. The summed E-state index contributed by atoms with van der Waals surface area (Å²) in [5.41, 5.74) is 0. The monoisotopic (exact) mass is 437 g/mol. The van der Waals surface area contributed by atoms with Gasteiger partial charge in [0.2, 0.25) is 17.7 Å². The van der Waals surface area contributed by atoms with Crippen LogP contribution in [0, 0.1) is 0 Å². The molecule has 0 radical (unpaired) electrons. The molecule has 1 atom stereocenters. The number of hydrogen-bond donors (Lipinski definition) is 3. The topological polar surface area (TPSA) is 87.3 Å². The molecule has 0 aliphatic heterocycles. The molecule has 3 amide bonds. The fourth-order valence-corrected chi connectivity index (χ4v) is 3.27. The molecule has 0 rings (SSSR count). The maximum atomic E-state index is 12.5. The van der Waals surface area contributed by atoms with Gasteiger partial charge in [0, 0.05) is 25.9 Å². The molecule has 0 heterocycles. The fraction of sp³-hybridized carbons (Fsp3) is 0.800. The number of rotatable bonds is 21. The largest absolute Gasteiger partial charge is 0.356 e. The molecule has 0 saturated carbocycles. The minimum absolute atomic E-state index is 0.0675. The first-order chi connectivity index (χ1) is 15.0. The van der Waals surface area contributed by atoms with Crippen molar-refractivity contribution in [3.63, 3.8) is 0 Å². The van der Waals surface area contributed by atoms with Crippen LogP contribution in [0.4, 0.5) is 0 Å². The van der Waals surface area contributed by atoms with Crippen LogP contribution in [0.25, 0.3) is 0 Å². The fourth-order valence-electron chi connectivity index (χ4n) is 3.27. The van der Waals surface area contributed by atoms with Crippen molar-refractivity contribution < 1.29 is 14.4 Å². The van der Waals surface area contributed by atoms with E-state index >= 15 is 0 Å². The lowest BCUT2D eigenvalue weighted by atomic mass is 10.1. The Balaban J connectivity index is 4.24. The molecular weight excluding hydrogens is 390 g/mol. The Morgan fingerprint density at radius 2 is 1.32 bits per heavy atom. The Morgan fingerprint density at radius 1 is 0.742 bits per heavy atom. The zero-order chi connectivity index (χ0) is 23.2. The number of nitrogens with one attached hydrogen (secondary N) is 3. The number of hydrogen-bond acceptors (Lipinski definition) is 3. The third kappa shape index (κ3) is 18.6. The summed E-state index contributed by atoms with van der Waals surface area (Å²) >= 11 is 0. The molecule has 0 aromatic carbocycles. The van der Waals surface area contributed by atoms with Crippen molar-refractivity contribution in [1.29, 1.82) is 0 Å². The van der Waals surface area contributed by atoms with Crippen LogP contribution in [-0.2, 0) is 14.4 Å². The molecule has 0 fully saturated rings. The van der Waals surface area contributed by atoms with Crippen LogP contribution in [0.15, 0.2) is 12.7 Å². The number of amides is 3. The Morgan fingerprint density at radius 3 is 1.94 bits per heavy atom. The van der Waals surface area contributed by atoms with Crippen LogP contribution in [0.1, 0.15) is 110 Å². The summed E-state index contributed by atoms with van der Waals surface area (Å²) in [6.45, 7) is 9.12. The van der Waals surface area contributed by atoms with Crippen molar-refractivity contribution in [3.05, 3.63) is 12.7 Å². The molecule has 3 N–H and O–H groups in total. The highest BCUT2D eigenvalue weighted by Crippen LogP contribution is 2.10. The van der Waals surface area contributed by atoms with Gasteiger partial charge in [0.25, 0.3) is 0 Å². The molecule has 0 spiro atoms. The standard InChI is InChI=1S/C25H47N3O3/c1-4-7-10-11-12-13-14-15-16-17-24(30)28-22(25(31)27-21-9-6-3)18-19-23(29)26-20-8-5-2/h4,22H,1,5-21H2,2-3H3,(H,26,29)(H,27,31)(H,28,30)/t22-/m0/s1. The highest BCUT2D eigenvalue weighted by molar-refractivity contribution is 5.88. The number of unbranched alkanes of at least 4 members (excludes halogenated alkanes) is 9. The summed E-state index contributed by atoms with van der Waals surface area (Å²) in [7, 11) is 0. The maximum absolute atomic E-state index is 12.5. The van der Waals surface area contributed by atoms with E-state index in [0.29, 0.717) is 25.9 Å². The van der Waals surface area contributed by atoms with Gasteiger partial charge in [-0.05, 0) is 38.5 Å². The summed E-state index contributed by atoms with van der Waals surface area (Å²) in [6.07, 6.45) is 15.8. The second kappa shape index (κ2) is 21.4. The van der Waals surface area contributed by atoms with E-state index in [1.807, 2.05) is 6.08 Å². The number of carbonyl (C=O) groups excluding carboxylic acids is 3. The maximum Gasteiger partial charge on any atom is 0.242 e. The van der Waals surface area contributed by atoms with Crippen LogP contribution in [0.3, 0.4) is 0 Å². The van der Waals surface area contributed by atoms with Crippen molar-refractivity contribution in [1.82, 2.24) is 16.0 Å². The lowest BCUT2D eigenvalue weighted by Crippen LogP contribution is -2.47. The SMILES string of the molecule is C=CCCCCCCCCCC(=O)N[C@@H](CCC(=O)NCCCC)C(=O)NCCCC. The molecule has 6 heteroatoms. The zero-order valence-corrected chi connectivity index (χ0v) is 20.1. The van der Waals surface area contributed by atoms with Gasteiger partial charge in [0.15, 0.2) is 0 Å². The first-order valence-corrected chi connectivity index (χ1v) is 12.5. The molecule has 0 unspecified atom stereocenters. The Bertz CT molecular complexity index is 494. The van der Waals surface area contributed by atoms with Gasteiger partial charge in [-0.3, -0.25) is 14.4 Å². The smallest absolute Gasteiger partial charge is 0.242 e. The third-order valence-electron chi connectivity index (χ3n) is 5.31. The lowest BCUT2D eigenvalue weighted by Gasteiger charge is -2.18. The van der Waals surface area contributed by atoms with E-state index in [1.165, 1.54) is 25.7 Å². The van der Waals surface area contributed by atoms with E-state index < -0.39 is 6.04 Å². The Hall–Kier alpha value is -1.85. The summed E-state index contributed by atoms with van der Waals surface area (Å²) in [6, 6.07) is -0.647. The van der Waals surface area contributed by atoms with Crippen LogP contribution in [0.2, 0.25) is 0 Å². The second-order valence-corrected chi connectivity index (χ2v) is 8.31.